The van der Waals surface area contributed by atoms with Gasteiger partial charge < -0.3 is 10.3 Å². The maximum Gasteiger partial charge on any atom is 0.304 e. The van der Waals surface area contributed by atoms with Crippen LogP contribution in [0.5, 0.6) is 0 Å². The lowest BCUT2D eigenvalue weighted by Crippen LogP contribution is -2.16. The summed E-state index contributed by atoms with van der Waals surface area (Å²) in [6, 6.07) is 0. The number of hydrogen-bond acceptors (Lipinski definition) is 4. The van der Waals surface area contributed by atoms with Gasteiger partial charge in [-0.15, -0.1) is 0 Å². The molecule has 0 aromatic carbocycles. The van der Waals surface area contributed by atoms with Crippen LogP contribution in [0.3, 0.4) is 0 Å². The standard InChI is InChI=1S/C10H13ClN4OS/c1-6-9(11)8(15(2)14-6)4-12-3-7-5-17-10(16)13-7/h5,12H,3-4H2,1-2H3,(H,13,16). The van der Waals surface area contributed by atoms with Gasteiger partial charge in [-0.25, -0.2) is 0 Å². The van der Waals surface area contributed by atoms with Crippen molar-refractivity contribution in [3.05, 3.63) is 37.2 Å². The van der Waals surface area contributed by atoms with Crippen LogP contribution in [0.15, 0.2) is 10.2 Å². The van der Waals surface area contributed by atoms with Crippen molar-refractivity contribution < 1.29 is 0 Å². The van der Waals surface area contributed by atoms with Crippen molar-refractivity contribution in [2.24, 2.45) is 7.05 Å². The summed E-state index contributed by atoms with van der Waals surface area (Å²) < 4.78 is 1.76. The second-order valence-corrected chi connectivity index (χ2v) is 4.97. The van der Waals surface area contributed by atoms with E-state index in [1.54, 1.807) is 4.68 Å². The fourth-order valence-electron chi connectivity index (χ4n) is 1.59. The Hall–Kier alpha value is -1.11. The van der Waals surface area contributed by atoms with E-state index in [0.717, 1.165) is 17.1 Å². The third-order valence-electron chi connectivity index (χ3n) is 2.44. The summed E-state index contributed by atoms with van der Waals surface area (Å²) in [7, 11) is 1.86. The maximum atomic E-state index is 10.9. The molecule has 0 amide bonds. The van der Waals surface area contributed by atoms with Gasteiger partial charge in [0.1, 0.15) is 0 Å². The molecule has 2 aromatic heterocycles. The lowest BCUT2D eigenvalue weighted by atomic mass is 10.3. The van der Waals surface area contributed by atoms with Crippen molar-refractivity contribution in [2.45, 2.75) is 20.0 Å². The minimum atomic E-state index is -0.0313. The Kier molecular flexibility index (Phi) is 3.66. The summed E-state index contributed by atoms with van der Waals surface area (Å²) in [4.78, 5) is 13.6. The first kappa shape index (κ1) is 12.3. The molecule has 0 aliphatic rings. The van der Waals surface area contributed by atoms with Crippen molar-refractivity contribution in [1.29, 1.82) is 0 Å². The highest BCUT2D eigenvalue weighted by atomic mass is 35.5. The van der Waals surface area contributed by atoms with Gasteiger partial charge in [-0.2, -0.15) is 5.10 Å². The van der Waals surface area contributed by atoms with Gasteiger partial charge in [-0.1, -0.05) is 22.9 Å². The van der Waals surface area contributed by atoms with E-state index < -0.39 is 0 Å². The van der Waals surface area contributed by atoms with E-state index >= 15 is 0 Å². The van der Waals surface area contributed by atoms with E-state index in [1.165, 1.54) is 11.3 Å². The molecule has 2 N–H and O–H groups in total. The fourth-order valence-corrected chi connectivity index (χ4v) is 2.40. The van der Waals surface area contributed by atoms with Crippen LogP contribution in [0.2, 0.25) is 5.02 Å². The number of rotatable bonds is 4. The summed E-state index contributed by atoms with van der Waals surface area (Å²) >= 11 is 7.29. The van der Waals surface area contributed by atoms with Gasteiger partial charge in [0.15, 0.2) is 0 Å². The highest BCUT2D eigenvalue weighted by Gasteiger charge is 2.10. The Balaban J connectivity index is 1.96. The molecule has 0 bridgehead atoms. The molecule has 0 aliphatic heterocycles. The molecule has 0 saturated heterocycles. The Bertz CT molecular complexity index is 571. The number of aryl methyl sites for hydroxylation is 2. The molecule has 0 fully saturated rings. The highest BCUT2D eigenvalue weighted by Crippen LogP contribution is 2.18. The Morgan fingerprint density at radius 2 is 2.35 bits per heavy atom. The number of H-pyrrole nitrogens is 1. The predicted octanol–water partition coefficient (Wildman–Crippen LogP) is 1.42. The molecule has 0 spiro atoms. The van der Waals surface area contributed by atoms with Crippen molar-refractivity contribution >= 4 is 22.9 Å². The van der Waals surface area contributed by atoms with E-state index in [0.29, 0.717) is 18.1 Å². The molecule has 7 heteroatoms. The molecular formula is C10H13ClN4OS. The van der Waals surface area contributed by atoms with Crippen LogP contribution in [0.4, 0.5) is 0 Å². The number of halogens is 1. The zero-order chi connectivity index (χ0) is 12.4. The SMILES string of the molecule is Cc1nn(C)c(CNCc2csc(=O)[nH]2)c1Cl. The molecule has 2 heterocycles. The van der Waals surface area contributed by atoms with Gasteiger partial charge in [-0.3, -0.25) is 9.48 Å². The molecule has 5 nitrogen and oxygen atoms in total. The summed E-state index contributed by atoms with van der Waals surface area (Å²) in [6.07, 6.45) is 0. The van der Waals surface area contributed by atoms with Crippen LogP contribution in [0.1, 0.15) is 17.1 Å². The van der Waals surface area contributed by atoms with Crippen LogP contribution >= 0.6 is 22.9 Å². The Morgan fingerprint density at radius 1 is 1.59 bits per heavy atom. The van der Waals surface area contributed by atoms with Crippen molar-refractivity contribution in [1.82, 2.24) is 20.1 Å². The average Bonchev–Trinajstić information content (AvgIpc) is 2.78. The second-order valence-electron chi connectivity index (χ2n) is 3.75. The Labute approximate surface area is 107 Å². The van der Waals surface area contributed by atoms with Gasteiger partial charge in [0.05, 0.1) is 16.4 Å². The van der Waals surface area contributed by atoms with Crippen LogP contribution in [-0.2, 0) is 20.1 Å². The van der Waals surface area contributed by atoms with Crippen molar-refractivity contribution in [2.75, 3.05) is 0 Å². The summed E-state index contributed by atoms with van der Waals surface area (Å²) in [5, 5.41) is 9.95. The third-order valence-corrected chi connectivity index (χ3v) is 3.65. The first-order valence-corrected chi connectivity index (χ1v) is 6.39. The van der Waals surface area contributed by atoms with Crippen molar-refractivity contribution in [3.63, 3.8) is 0 Å². The molecule has 0 saturated carbocycles. The number of aromatic amines is 1. The van der Waals surface area contributed by atoms with E-state index in [-0.39, 0.29) is 4.87 Å². The fraction of sp³-hybridized carbons (Fsp3) is 0.400. The van der Waals surface area contributed by atoms with Gasteiger partial charge in [-0.05, 0) is 6.92 Å². The topological polar surface area (TPSA) is 62.7 Å². The highest BCUT2D eigenvalue weighted by molar-refractivity contribution is 7.07. The molecule has 17 heavy (non-hydrogen) atoms. The molecule has 0 unspecified atom stereocenters. The van der Waals surface area contributed by atoms with Crippen LogP contribution in [0, 0.1) is 6.92 Å². The maximum absolute atomic E-state index is 10.9. The first-order valence-electron chi connectivity index (χ1n) is 5.13. The zero-order valence-corrected chi connectivity index (χ0v) is 11.2. The smallest absolute Gasteiger partial charge is 0.304 e. The molecule has 0 aliphatic carbocycles. The molecule has 2 aromatic rings. The normalized spacial score (nSPS) is 11.0. The van der Waals surface area contributed by atoms with E-state index in [9.17, 15) is 4.79 Å². The minimum absolute atomic E-state index is 0.0313. The lowest BCUT2D eigenvalue weighted by molar-refractivity contribution is 0.619. The van der Waals surface area contributed by atoms with Gasteiger partial charge in [0.25, 0.3) is 0 Å². The zero-order valence-electron chi connectivity index (χ0n) is 9.58. The van der Waals surface area contributed by atoms with Crippen molar-refractivity contribution in [3.8, 4) is 0 Å². The van der Waals surface area contributed by atoms with Crippen LogP contribution < -0.4 is 10.2 Å². The predicted molar refractivity (Wildman–Crippen MR) is 68.4 cm³/mol. The lowest BCUT2D eigenvalue weighted by Gasteiger charge is -2.04. The van der Waals surface area contributed by atoms with Gasteiger partial charge in [0.2, 0.25) is 0 Å². The molecule has 2 rings (SSSR count). The second kappa shape index (κ2) is 5.03. The van der Waals surface area contributed by atoms with Gasteiger partial charge >= 0.3 is 4.87 Å². The quantitative estimate of drug-likeness (QED) is 0.885. The molecule has 0 radical (unpaired) electrons. The van der Waals surface area contributed by atoms with Crippen LogP contribution in [-0.4, -0.2) is 14.8 Å². The molecule has 92 valence electrons. The monoisotopic (exact) mass is 272 g/mol. The van der Waals surface area contributed by atoms with E-state index in [1.807, 2.05) is 19.4 Å². The summed E-state index contributed by atoms with van der Waals surface area (Å²) in [5.41, 5.74) is 2.66. The number of thiazole rings is 1. The van der Waals surface area contributed by atoms with Gasteiger partial charge in [0, 0.05) is 31.2 Å². The first-order chi connectivity index (χ1) is 8.08. The van der Waals surface area contributed by atoms with Crippen LogP contribution in [0.25, 0.3) is 0 Å². The average molecular weight is 273 g/mol. The number of hydrogen-bond donors (Lipinski definition) is 2. The van der Waals surface area contributed by atoms with E-state index in [4.69, 9.17) is 11.6 Å². The largest absolute Gasteiger partial charge is 0.315 e. The third kappa shape index (κ3) is 2.77. The molecular weight excluding hydrogens is 260 g/mol. The Morgan fingerprint density at radius 3 is 2.88 bits per heavy atom. The summed E-state index contributed by atoms with van der Waals surface area (Å²) in [6.45, 7) is 3.11. The minimum Gasteiger partial charge on any atom is -0.315 e. The van der Waals surface area contributed by atoms with E-state index in [2.05, 4.69) is 15.4 Å². The number of nitrogens with zero attached hydrogens (tertiary/aromatic N) is 2. The molecule has 0 atom stereocenters. The number of nitrogens with one attached hydrogen (secondary N) is 2. The summed E-state index contributed by atoms with van der Waals surface area (Å²) in [5.74, 6) is 0. The number of aromatic nitrogens is 3.